The molecule has 0 bridgehead atoms. The van der Waals surface area contributed by atoms with Gasteiger partial charge in [0.15, 0.2) is 0 Å². The van der Waals surface area contributed by atoms with Crippen LogP contribution >= 0.6 is 0 Å². The van der Waals surface area contributed by atoms with Crippen LogP contribution in [0.3, 0.4) is 0 Å². The molecule has 6 nitrogen and oxygen atoms in total. The minimum absolute atomic E-state index is 0.384. The predicted octanol–water partition coefficient (Wildman–Crippen LogP) is 14.2. The molecule has 60 heavy (non-hydrogen) atoms. The Balaban J connectivity index is -0.000000843. The van der Waals surface area contributed by atoms with Crippen LogP contribution in [-0.4, -0.2) is 73.3 Å². The van der Waals surface area contributed by atoms with Gasteiger partial charge in [0.1, 0.15) is 0 Å². The molecule has 0 spiro atoms. The van der Waals surface area contributed by atoms with Gasteiger partial charge in [0.2, 0.25) is 0 Å². The smallest absolute Gasteiger partial charge is 0.0786 e. The van der Waals surface area contributed by atoms with E-state index in [1.54, 1.807) is 0 Å². The van der Waals surface area contributed by atoms with Gasteiger partial charge in [-0.05, 0) is 64.2 Å². The van der Waals surface area contributed by atoms with Crippen molar-refractivity contribution in [3.63, 3.8) is 0 Å². The lowest BCUT2D eigenvalue weighted by molar-refractivity contribution is -0.929. The summed E-state index contributed by atoms with van der Waals surface area (Å²) in [7, 11) is 0. The molecule has 0 aliphatic carbocycles. The van der Waals surface area contributed by atoms with Gasteiger partial charge in [-0.3, -0.25) is 0 Å². The monoisotopic (exact) mass is 853 g/mol. The summed E-state index contributed by atoms with van der Waals surface area (Å²) in [6.07, 6.45) is 42.4. The first-order valence-corrected chi connectivity index (χ1v) is 27.2. The highest BCUT2D eigenvalue weighted by Gasteiger charge is 2.26. The molecule has 0 aliphatic rings. The topological polar surface area (TPSA) is 80.3 Å². The van der Waals surface area contributed by atoms with Crippen LogP contribution in [-0.2, 0) is 9.59 Å². The van der Waals surface area contributed by atoms with Crippen LogP contribution in [0.15, 0.2) is 0 Å². The maximum absolute atomic E-state index is 10.8. The summed E-state index contributed by atoms with van der Waals surface area (Å²) in [5.74, 6) is -3.47. The Morgan fingerprint density at radius 3 is 0.700 bits per heavy atom. The Morgan fingerprint density at radius 1 is 0.317 bits per heavy atom. The predicted molar refractivity (Wildman–Crippen MR) is 261 cm³/mol. The van der Waals surface area contributed by atoms with E-state index in [0.29, 0.717) is 6.42 Å². The van der Waals surface area contributed by atoms with Gasteiger partial charge < -0.3 is 28.8 Å². The Labute approximate surface area is 378 Å². The van der Waals surface area contributed by atoms with E-state index in [-0.39, 0.29) is 0 Å². The quantitative estimate of drug-likeness (QED) is 0.0452. The molecule has 0 heterocycles. The molecule has 0 rings (SSSR count). The van der Waals surface area contributed by atoms with Crippen LogP contribution in [0.5, 0.6) is 0 Å². The highest BCUT2D eigenvalue weighted by molar-refractivity contribution is 5.75. The number of carbonyl (C=O) groups excluding carboxylic acids is 2. The van der Waals surface area contributed by atoms with Crippen molar-refractivity contribution in [1.82, 2.24) is 0 Å². The van der Waals surface area contributed by atoms with Crippen molar-refractivity contribution in [2.24, 2.45) is 5.92 Å². The largest absolute Gasteiger partial charge is 0.550 e. The van der Waals surface area contributed by atoms with Gasteiger partial charge >= 0.3 is 0 Å². The number of carboxylic acid groups (broad SMARTS) is 2. The summed E-state index contributed by atoms with van der Waals surface area (Å²) in [6.45, 7) is 32.3. The van der Waals surface area contributed by atoms with Gasteiger partial charge in [-0.2, -0.15) is 0 Å². The fourth-order valence-electron chi connectivity index (χ4n) is 8.73. The summed E-state index contributed by atoms with van der Waals surface area (Å²) in [6, 6.07) is 0. The van der Waals surface area contributed by atoms with Gasteiger partial charge in [0.25, 0.3) is 0 Å². The van der Waals surface area contributed by atoms with E-state index in [9.17, 15) is 19.8 Å². The van der Waals surface area contributed by atoms with Crippen molar-refractivity contribution in [2.45, 2.75) is 281 Å². The highest BCUT2D eigenvalue weighted by atomic mass is 16.4. The van der Waals surface area contributed by atoms with Crippen LogP contribution < -0.4 is 10.2 Å². The molecule has 0 N–H and O–H groups in total. The van der Waals surface area contributed by atoms with Crippen molar-refractivity contribution in [1.29, 1.82) is 0 Å². The summed E-state index contributed by atoms with van der Waals surface area (Å²) in [4.78, 5) is 21.3. The summed E-state index contributed by atoms with van der Waals surface area (Å²) < 4.78 is 2.84. The van der Waals surface area contributed by atoms with E-state index in [1.807, 2.05) is 0 Å². The molecule has 0 aromatic rings. The number of hydrogen-bond acceptors (Lipinski definition) is 4. The van der Waals surface area contributed by atoms with E-state index in [0.717, 1.165) is 19.3 Å². The molecule has 0 aromatic carbocycles. The lowest BCUT2D eigenvalue weighted by Crippen LogP contribution is -2.50. The van der Waals surface area contributed by atoms with Gasteiger partial charge in [-0.1, -0.05) is 216 Å². The molecule has 6 heteroatoms. The molecule has 362 valence electrons. The number of carboxylic acids is 2. The molecule has 0 amide bonds. The maximum atomic E-state index is 10.8. The summed E-state index contributed by atoms with van der Waals surface area (Å²) in [5, 5.41) is 21.3. The maximum Gasteiger partial charge on any atom is 0.0786 e. The molecule has 0 fully saturated rings. The molecule has 0 saturated heterocycles. The minimum atomic E-state index is -1.31. The Morgan fingerprint density at radius 2 is 0.517 bits per heavy atom. The van der Waals surface area contributed by atoms with Crippen LogP contribution in [0.25, 0.3) is 0 Å². The van der Waals surface area contributed by atoms with Gasteiger partial charge in [-0.25, -0.2) is 0 Å². The third-order valence-corrected chi connectivity index (χ3v) is 13.0. The normalized spacial score (nSPS) is 12.1. The fourth-order valence-corrected chi connectivity index (χ4v) is 8.73. The second kappa shape index (κ2) is 48.9. The van der Waals surface area contributed by atoms with E-state index >= 15 is 0 Å². The molecule has 0 saturated carbocycles. The standard InChI is InChI=1S/C22H42O4.2C16H36N/c1-2-3-4-5-6-7-8-9-10-11-12-13-14-15-16-17-18-20(22(25)26)19-21(23)24;2*1-5-9-13-17(14-10-6-2,15-11-7-3)16-12-8-4/h20H,2-19H2,1H3,(H,23,24)(H,25,26);2*5-16H2,1-4H3/q;2*+1/p-2. The van der Waals surface area contributed by atoms with E-state index in [4.69, 9.17) is 0 Å². The van der Waals surface area contributed by atoms with Crippen molar-refractivity contribution >= 4 is 11.9 Å². The van der Waals surface area contributed by atoms with Crippen LogP contribution in [0.2, 0.25) is 0 Å². The highest BCUT2D eigenvalue weighted by Crippen LogP contribution is 2.19. The Hall–Kier alpha value is -1.14. The van der Waals surface area contributed by atoms with Crippen LogP contribution in [0.1, 0.15) is 281 Å². The zero-order valence-electron chi connectivity index (χ0n) is 42.8. The van der Waals surface area contributed by atoms with Crippen molar-refractivity contribution in [2.75, 3.05) is 52.4 Å². The first-order valence-electron chi connectivity index (χ1n) is 27.2. The first kappa shape index (κ1) is 63.2. The fraction of sp³-hybridized carbons (Fsp3) is 0.963. The number of aliphatic carboxylic acids is 2. The number of nitrogens with zero attached hydrogens (tertiary/aromatic N) is 2. The molecule has 0 aromatic heterocycles. The third-order valence-electron chi connectivity index (χ3n) is 13.0. The molecule has 1 atom stereocenters. The van der Waals surface area contributed by atoms with E-state index in [2.05, 4.69) is 62.3 Å². The lowest BCUT2D eigenvalue weighted by atomic mass is 9.97. The number of hydrogen-bond donors (Lipinski definition) is 0. The molecule has 1 unspecified atom stereocenters. The van der Waals surface area contributed by atoms with Crippen molar-refractivity contribution < 1.29 is 28.8 Å². The third kappa shape index (κ3) is 42.2. The zero-order chi connectivity index (χ0) is 45.4. The summed E-state index contributed by atoms with van der Waals surface area (Å²) >= 11 is 0. The Kier molecular flexibility index (Phi) is 51.5. The lowest BCUT2D eigenvalue weighted by Gasteiger charge is -2.39. The zero-order valence-corrected chi connectivity index (χ0v) is 42.8. The number of carbonyl (C=O) groups is 2. The average Bonchev–Trinajstić information content (AvgIpc) is 3.25. The number of rotatable bonds is 44. The van der Waals surface area contributed by atoms with Gasteiger partial charge in [0, 0.05) is 17.9 Å². The molecule has 0 aliphatic heterocycles. The Bertz CT molecular complexity index is 754. The second-order valence-electron chi connectivity index (χ2n) is 19.0. The van der Waals surface area contributed by atoms with E-state index in [1.165, 1.54) is 248 Å². The van der Waals surface area contributed by atoms with Crippen molar-refractivity contribution in [3.8, 4) is 0 Å². The van der Waals surface area contributed by atoms with Gasteiger partial charge in [-0.15, -0.1) is 0 Å². The first-order chi connectivity index (χ1) is 29.1. The minimum Gasteiger partial charge on any atom is -0.550 e. The summed E-state index contributed by atoms with van der Waals surface area (Å²) in [5.41, 5.74) is 0. The van der Waals surface area contributed by atoms with Gasteiger partial charge in [0.05, 0.1) is 52.4 Å². The molecular formula is C54H112N2O4. The van der Waals surface area contributed by atoms with Crippen LogP contribution in [0.4, 0.5) is 0 Å². The average molecular weight is 853 g/mol. The second-order valence-corrected chi connectivity index (χ2v) is 19.0. The van der Waals surface area contributed by atoms with Crippen LogP contribution in [0, 0.1) is 5.92 Å². The number of unbranched alkanes of at least 4 members (excludes halogenated alkanes) is 23. The molecular weight excluding hydrogens is 741 g/mol. The molecule has 0 radical (unpaired) electrons. The van der Waals surface area contributed by atoms with E-state index < -0.39 is 24.3 Å². The number of quaternary nitrogens is 2. The SMILES string of the molecule is CCCCCCCCCCCCCCCCCCC(CC(=O)[O-])C(=O)[O-].CCCC[N+](CCCC)(CCCC)CCCC.CCCC[N+](CCCC)(CCCC)CCCC. The van der Waals surface area contributed by atoms with Crippen molar-refractivity contribution in [3.05, 3.63) is 0 Å².